The summed E-state index contributed by atoms with van der Waals surface area (Å²) < 4.78 is 5.76. The second-order valence-electron chi connectivity index (χ2n) is 8.01. The van der Waals surface area contributed by atoms with E-state index in [1.807, 2.05) is 44.2 Å². The van der Waals surface area contributed by atoms with Crippen LogP contribution < -0.4 is 0 Å². The third-order valence-corrected chi connectivity index (χ3v) is 5.50. The summed E-state index contributed by atoms with van der Waals surface area (Å²) in [6, 6.07) is 7.50. The molecule has 1 fully saturated rings. The quantitative estimate of drug-likeness (QED) is 0.545. The van der Waals surface area contributed by atoms with Crippen LogP contribution in [0.25, 0.3) is 4.85 Å². The Labute approximate surface area is 165 Å². The lowest BCUT2D eigenvalue weighted by Crippen LogP contribution is -2.28. The molecule has 1 N–H and O–H groups in total. The van der Waals surface area contributed by atoms with Crippen molar-refractivity contribution in [1.29, 1.82) is 0 Å². The molecule has 1 aromatic rings. The predicted molar refractivity (Wildman–Crippen MR) is 106 cm³/mol. The van der Waals surface area contributed by atoms with E-state index < -0.39 is 17.5 Å². The van der Waals surface area contributed by atoms with Gasteiger partial charge in [0.1, 0.15) is 5.60 Å². The molecule has 0 aliphatic heterocycles. The van der Waals surface area contributed by atoms with Gasteiger partial charge >= 0.3 is 5.97 Å². The van der Waals surface area contributed by atoms with Gasteiger partial charge in [-0.2, -0.15) is 0 Å². The molecule has 2 aliphatic rings. The number of hydrogen-bond donors (Lipinski definition) is 1. The highest BCUT2D eigenvalue weighted by Gasteiger charge is 2.40. The van der Waals surface area contributed by atoms with Gasteiger partial charge in [0.05, 0.1) is 12.5 Å². The number of nitrogens with zero attached hydrogens (tertiary/aromatic N) is 1. The minimum Gasteiger partial charge on any atom is -0.481 e. The lowest BCUT2D eigenvalue weighted by atomic mass is 9.90. The van der Waals surface area contributed by atoms with Crippen molar-refractivity contribution in [1.82, 2.24) is 0 Å². The number of aliphatic carboxylic acids is 1. The van der Waals surface area contributed by atoms with Crippen molar-refractivity contribution in [3.8, 4) is 0 Å². The van der Waals surface area contributed by atoms with Gasteiger partial charge in [0, 0.05) is 17.1 Å². The Morgan fingerprint density at radius 2 is 1.93 bits per heavy atom. The highest BCUT2D eigenvalue weighted by atomic mass is 16.5. The summed E-state index contributed by atoms with van der Waals surface area (Å²) >= 11 is 0. The van der Waals surface area contributed by atoms with E-state index in [-0.39, 0.29) is 11.7 Å². The number of benzene rings is 1. The molecule has 0 radical (unpaired) electrons. The van der Waals surface area contributed by atoms with Crippen LogP contribution >= 0.6 is 0 Å². The second kappa shape index (κ2) is 8.12. The predicted octanol–water partition coefficient (Wildman–Crippen LogP) is 4.10. The first-order valence-electron chi connectivity index (χ1n) is 9.57. The Morgan fingerprint density at radius 1 is 1.21 bits per heavy atom. The summed E-state index contributed by atoms with van der Waals surface area (Å²) in [7, 11) is 0. The lowest BCUT2D eigenvalue weighted by Gasteiger charge is -2.19. The van der Waals surface area contributed by atoms with Crippen LogP contribution in [0.4, 0.5) is 0 Å². The minimum atomic E-state index is -0.804. The van der Waals surface area contributed by atoms with Crippen LogP contribution in [0.5, 0.6) is 0 Å². The molecule has 2 atom stereocenters. The standard InChI is InChI=1S/C23H25NO4/c1-23(2,14-24-3)28-13-12-15-4-6-16(7-5-15)21(25)19-10-8-18-17(19)9-11-20(18)22(26)27/h4-8,10,17,20H,9,11-14H2,1-2H3,(H,26,27)/t17?,20-/m0/s1. The molecule has 0 bridgehead atoms. The van der Waals surface area contributed by atoms with E-state index in [9.17, 15) is 14.7 Å². The molecule has 2 aliphatic carbocycles. The number of fused-ring (bicyclic) bond motifs is 1. The summed E-state index contributed by atoms with van der Waals surface area (Å²) in [5.74, 6) is -1.34. The van der Waals surface area contributed by atoms with Crippen LogP contribution in [0.2, 0.25) is 0 Å². The van der Waals surface area contributed by atoms with Crippen molar-refractivity contribution in [2.75, 3.05) is 13.2 Å². The number of ether oxygens (including phenoxy) is 1. The van der Waals surface area contributed by atoms with E-state index in [0.717, 1.165) is 17.6 Å². The summed E-state index contributed by atoms with van der Waals surface area (Å²) in [4.78, 5) is 27.6. The molecule has 1 unspecified atom stereocenters. The van der Waals surface area contributed by atoms with Gasteiger partial charge in [0.2, 0.25) is 6.54 Å². The summed E-state index contributed by atoms with van der Waals surface area (Å²) in [5, 5.41) is 9.31. The number of carbonyl (C=O) groups is 2. The fourth-order valence-electron chi connectivity index (χ4n) is 3.95. The first kappa shape index (κ1) is 20.0. The van der Waals surface area contributed by atoms with Crippen molar-refractivity contribution in [2.24, 2.45) is 11.8 Å². The van der Waals surface area contributed by atoms with Gasteiger partial charge in [-0.25, -0.2) is 6.57 Å². The SMILES string of the molecule is [C-]#[N+]CC(C)(C)OCCc1ccc(C(=O)C2=CC=C3C2CC[C@@H]3C(=O)O)cc1. The van der Waals surface area contributed by atoms with Crippen molar-refractivity contribution in [2.45, 2.75) is 38.7 Å². The number of carboxylic acids is 1. The van der Waals surface area contributed by atoms with Crippen LogP contribution in [-0.4, -0.2) is 35.6 Å². The van der Waals surface area contributed by atoms with E-state index in [1.165, 1.54) is 0 Å². The molecular formula is C23H25NO4. The van der Waals surface area contributed by atoms with Gasteiger partial charge in [0.25, 0.3) is 0 Å². The van der Waals surface area contributed by atoms with Crippen molar-refractivity contribution >= 4 is 11.8 Å². The molecule has 0 amide bonds. The highest BCUT2D eigenvalue weighted by Crippen LogP contribution is 2.45. The van der Waals surface area contributed by atoms with Gasteiger partial charge in [0.15, 0.2) is 5.78 Å². The molecule has 1 saturated carbocycles. The highest BCUT2D eigenvalue weighted by molar-refractivity contribution is 6.10. The van der Waals surface area contributed by atoms with E-state index in [4.69, 9.17) is 11.3 Å². The molecule has 5 nitrogen and oxygen atoms in total. The van der Waals surface area contributed by atoms with E-state index in [0.29, 0.717) is 37.1 Å². The van der Waals surface area contributed by atoms with E-state index in [1.54, 1.807) is 6.08 Å². The normalized spacial score (nSPS) is 20.9. The average Bonchev–Trinajstić information content (AvgIpc) is 3.23. The maximum absolute atomic E-state index is 12.9. The van der Waals surface area contributed by atoms with Crippen molar-refractivity contribution in [3.05, 3.63) is 70.1 Å². The molecular weight excluding hydrogens is 354 g/mol. The monoisotopic (exact) mass is 379 g/mol. The number of carboxylic acid groups (broad SMARTS) is 1. The molecule has 3 rings (SSSR count). The van der Waals surface area contributed by atoms with Crippen molar-refractivity contribution < 1.29 is 19.4 Å². The Kier molecular flexibility index (Phi) is 5.81. The number of Topliss-reactive ketones (excluding diaryl/α,β-unsaturated/α-hetero) is 1. The fraction of sp³-hybridized carbons (Fsp3) is 0.435. The topological polar surface area (TPSA) is 68.0 Å². The average molecular weight is 379 g/mol. The number of ketones is 1. The molecule has 5 heteroatoms. The summed E-state index contributed by atoms with van der Waals surface area (Å²) in [5.41, 5.74) is 2.81. The van der Waals surface area contributed by atoms with Crippen LogP contribution in [0, 0.1) is 18.4 Å². The van der Waals surface area contributed by atoms with Crippen molar-refractivity contribution in [3.63, 3.8) is 0 Å². The summed E-state index contributed by atoms with van der Waals surface area (Å²) in [6.45, 7) is 11.6. The van der Waals surface area contributed by atoms with Crippen LogP contribution in [-0.2, 0) is 16.0 Å². The molecule has 1 aromatic carbocycles. The van der Waals surface area contributed by atoms with Crippen LogP contribution in [0.15, 0.2) is 47.6 Å². The van der Waals surface area contributed by atoms with Crippen LogP contribution in [0.1, 0.15) is 42.6 Å². The molecule has 0 aromatic heterocycles. The fourth-order valence-corrected chi connectivity index (χ4v) is 3.95. The van der Waals surface area contributed by atoms with Crippen LogP contribution in [0.3, 0.4) is 0 Å². The maximum atomic E-state index is 12.9. The number of allylic oxidation sites excluding steroid dienone is 3. The Hall–Kier alpha value is -2.71. The van der Waals surface area contributed by atoms with E-state index >= 15 is 0 Å². The van der Waals surface area contributed by atoms with Gasteiger partial charge < -0.3 is 14.7 Å². The number of rotatable bonds is 8. The Bertz CT molecular complexity index is 871. The third-order valence-electron chi connectivity index (χ3n) is 5.50. The van der Waals surface area contributed by atoms with E-state index in [2.05, 4.69) is 4.85 Å². The van der Waals surface area contributed by atoms with Gasteiger partial charge in [-0.1, -0.05) is 36.4 Å². The molecule has 146 valence electrons. The minimum absolute atomic E-state index is 0.0247. The summed E-state index contributed by atoms with van der Waals surface area (Å²) in [6.07, 6.45) is 5.64. The Morgan fingerprint density at radius 3 is 2.57 bits per heavy atom. The number of carbonyl (C=O) groups excluding carboxylic acids is 1. The second-order valence-corrected chi connectivity index (χ2v) is 8.01. The molecule has 0 spiro atoms. The Balaban J connectivity index is 1.58. The number of hydrogen-bond acceptors (Lipinski definition) is 3. The molecule has 0 saturated heterocycles. The zero-order chi connectivity index (χ0) is 20.3. The lowest BCUT2D eigenvalue weighted by molar-refractivity contribution is -0.140. The smallest absolute Gasteiger partial charge is 0.310 e. The molecule has 0 heterocycles. The first-order valence-corrected chi connectivity index (χ1v) is 9.57. The zero-order valence-corrected chi connectivity index (χ0v) is 16.3. The third kappa shape index (κ3) is 4.23. The largest absolute Gasteiger partial charge is 0.481 e. The van der Waals surface area contributed by atoms with Gasteiger partial charge in [-0.05, 0) is 44.2 Å². The maximum Gasteiger partial charge on any atom is 0.310 e. The van der Waals surface area contributed by atoms with Gasteiger partial charge in [-0.3, -0.25) is 9.59 Å². The molecule has 28 heavy (non-hydrogen) atoms. The van der Waals surface area contributed by atoms with Gasteiger partial charge in [-0.15, -0.1) is 0 Å². The first-order chi connectivity index (χ1) is 13.3. The zero-order valence-electron chi connectivity index (χ0n) is 16.3.